The molecule has 6 heteroatoms. The van der Waals surface area contributed by atoms with Crippen LogP contribution in [0.15, 0.2) is 116 Å². The second-order valence-corrected chi connectivity index (χ2v) is 13.5. The maximum Gasteiger partial charge on any atom is 0.289 e. The van der Waals surface area contributed by atoms with Crippen molar-refractivity contribution in [3.8, 4) is 5.75 Å². The van der Waals surface area contributed by atoms with E-state index in [-0.39, 0.29) is 11.1 Å². The van der Waals surface area contributed by atoms with Gasteiger partial charge in [0.2, 0.25) is 5.91 Å². The van der Waals surface area contributed by atoms with E-state index in [4.69, 9.17) is 4.74 Å². The number of hydrogen-bond donors (Lipinski definition) is 0. The first-order valence-electron chi connectivity index (χ1n) is 18.1. The number of thioether (sulfide) groups is 1. The molecule has 262 valence electrons. The number of benzene rings is 1. The van der Waals surface area contributed by atoms with Crippen LogP contribution < -0.4 is 4.74 Å². The molecule has 0 bridgehead atoms. The number of amides is 2. The summed E-state index contributed by atoms with van der Waals surface area (Å²) in [5.74, 6) is 0.669. The Hall–Kier alpha value is -3.90. The summed E-state index contributed by atoms with van der Waals surface area (Å²) in [5.41, 5.74) is 4.19. The zero-order valence-corrected chi connectivity index (χ0v) is 30.5. The molecule has 1 atom stereocenters. The largest absolute Gasteiger partial charge is 0.493 e. The average molecular weight is 681 g/mol. The molecule has 3 rings (SSSR count). The van der Waals surface area contributed by atoms with Gasteiger partial charge in [0.1, 0.15) is 5.75 Å². The van der Waals surface area contributed by atoms with Crippen LogP contribution in [0.2, 0.25) is 0 Å². The molecule has 1 aromatic heterocycles. The molecule has 1 aliphatic heterocycles. The summed E-state index contributed by atoms with van der Waals surface area (Å²) < 4.78 is 5.90. The maximum atomic E-state index is 13.1. The van der Waals surface area contributed by atoms with Crippen LogP contribution in [0.5, 0.6) is 5.75 Å². The van der Waals surface area contributed by atoms with Crippen molar-refractivity contribution in [2.45, 2.75) is 103 Å². The lowest BCUT2D eigenvalue weighted by Gasteiger charge is -2.16. The minimum absolute atomic E-state index is 0.114. The summed E-state index contributed by atoms with van der Waals surface area (Å²) in [5, 5.41) is -0.567. The number of rotatable bonds is 24. The lowest BCUT2D eigenvalue weighted by Crippen LogP contribution is -2.33. The van der Waals surface area contributed by atoms with Crippen molar-refractivity contribution in [1.82, 2.24) is 9.88 Å². The number of nitrogens with zero attached hydrogens (tertiary/aromatic N) is 2. The van der Waals surface area contributed by atoms with E-state index < -0.39 is 5.25 Å². The van der Waals surface area contributed by atoms with Crippen molar-refractivity contribution in [3.63, 3.8) is 0 Å². The normalized spacial score (nSPS) is 15.4. The number of carbonyl (C=O) groups is 2. The highest BCUT2D eigenvalue weighted by atomic mass is 32.2. The second kappa shape index (κ2) is 24.3. The Morgan fingerprint density at radius 1 is 0.816 bits per heavy atom. The molecule has 1 aliphatic rings. The number of allylic oxidation sites excluding steroid dienone is 10. The van der Waals surface area contributed by atoms with Gasteiger partial charge in [0, 0.05) is 18.3 Å². The summed E-state index contributed by atoms with van der Waals surface area (Å²) in [6.07, 6.45) is 36.6. The molecule has 0 saturated carbocycles. The van der Waals surface area contributed by atoms with Gasteiger partial charge in [-0.15, -0.1) is 0 Å². The van der Waals surface area contributed by atoms with Crippen molar-refractivity contribution in [3.05, 3.63) is 132 Å². The molecule has 5 nitrogen and oxygen atoms in total. The molecule has 1 saturated heterocycles. The van der Waals surface area contributed by atoms with E-state index in [2.05, 4.69) is 98.3 Å². The topological polar surface area (TPSA) is 59.5 Å². The minimum atomic E-state index is -0.396. The third-order valence-electron chi connectivity index (χ3n) is 8.21. The van der Waals surface area contributed by atoms with Gasteiger partial charge in [0.15, 0.2) is 0 Å². The number of hydrogen-bond acceptors (Lipinski definition) is 5. The van der Waals surface area contributed by atoms with Gasteiger partial charge in [0.25, 0.3) is 5.24 Å². The second-order valence-electron chi connectivity index (χ2n) is 12.3. The molecule has 0 N–H and O–H groups in total. The van der Waals surface area contributed by atoms with Crippen LogP contribution in [0.25, 0.3) is 0 Å². The van der Waals surface area contributed by atoms with E-state index in [9.17, 15) is 9.59 Å². The number of aryl methyl sites for hydroxylation is 1. The Balaban J connectivity index is 1.23. The van der Waals surface area contributed by atoms with E-state index in [1.54, 1.807) is 0 Å². The Kier molecular flexibility index (Phi) is 19.6. The Morgan fingerprint density at radius 3 is 2.06 bits per heavy atom. The fourth-order valence-corrected chi connectivity index (χ4v) is 6.31. The van der Waals surface area contributed by atoms with E-state index in [0.29, 0.717) is 19.6 Å². The first-order valence-corrected chi connectivity index (χ1v) is 19.0. The monoisotopic (exact) mass is 680 g/mol. The highest BCUT2D eigenvalue weighted by molar-refractivity contribution is 8.15. The minimum Gasteiger partial charge on any atom is -0.493 e. The van der Waals surface area contributed by atoms with E-state index in [1.165, 1.54) is 10.5 Å². The number of pyridine rings is 1. The predicted molar refractivity (Wildman–Crippen MR) is 208 cm³/mol. The number of aromatic nitrogens is 1. The molecule has 0 aliphatic carbocycles. The fraction of sp³-hybridized carbons (Fsp3) is 0.419. The van der Waals surface area contributed by atoms with Gasteiger partial charge in [-0.3, -0.25) is 19.5 Å². The SMILES string of the molecule is C=C(CCCCC/C=C\C/C=C\C/C=C\C/C=C\C/C=C\CC)CN1C(=O)SC(Cc2ccc(OCCc3ccc(CC)cn3)cc2)C1=O. The lowest BCUT2D eigenvalue weighted by molar-refractivity contribution is -0.126. The summed E-state index contributed by atoms with van der Waals surface area (Å²) in [4.78, 5) is 31.6. The van der Waals surface area contributed by atoms with Gasteiger partial charge in [0.05, 0.1) is 18.4 Å². The van der Waals surface area contributed by atoms with Gasteiger partial charge in [-0.05, 0) is 100.0 Å². The lowest BCUT2D eigenvalue weighted by atomic mass is 10.1. The van der Waals surface area contributed by atoms with Crippen LogP contribution in [0.1, 0.15) is 94.9 Å². The standard InChI is InChI=1S/C43H56N2O3S/c1-4-6-7-8-9-10-11-12-13-14-15-16-17-18-19-20-21-22-23-24-36(3)35-45-42(46)41(49-43(45)47)33-38-26-29-40(30-27-38)48-32-31-39-28-25-37(5-2)34-44-39/h6-7,9-10,12-13,15-16,18-19,25-30,34,41H,3-5,8,11,14,17,20-24,31-33,35H2,1-2H3/b7-6-,10-9-,13-12-,16-15-,19-18-. The number of carbonyl (C=O) groups excluding carboxylic acids is 2. The fourth-order valence-electron chi connectivity index (χ4n) is 5.28. The van der Waals surface area contributed by atoms with E-state index in [1.807, 2.05) is 30.5 Å². The zero-order valence-electron chi connectivity index (χ0n) is 29.7. The van der Waals surface area contributed by atoms with Crippen molar-refractivity contribution in [2.24, 2.45) is 0 Å². The molecule has 1 unspecified atom stereocenters. The van der Waals surface area contributed by atoms with Crippen molar-refractivity contribution in [2.75, 3.05) is 13.2 Å². The van der Waals surface area contributed by atoms with Crippen molar-refractivity contribution >= 4 is 22.9 Å². The predicted octanol–water partition coefficient (Wildman–Crippen LogP) is 11.1. The first-order chi connectivity index (χ1) is 24.0. The van der Waals surface area contributed by atoms with Gasteiger partial charge in [-0.1, -0.05) is 123 Å². The molecule has 2 heterocycles. The molecule has 1 aromatic carbocycles. The van der Waals surface area contributed by atoms with Gasteiger partial charge >= 0.3 is 0 Å². The van der Waals surface area contributed by atoms with Crippen molar-refractivity contribution in [1.29, 1.82) is 0 Å². The Bertz CT molecular complexity index is 1420. The van der Waals surface area contributed by atoms with Crippen LogP contribution in [-0.4, -0.2) is 39.4 Å². The Morgan fingerprint density at radius 2 is 1.45 bits per heavy atom. The molecule has 2 aromatic rings. The van der Waals surface area contributed by atoms with E-state index >= 15 is 0 Å². The zero-order chi connectivity index (χ0) is 34.9. The molecular weight excluding hydrogens is 625 g/mol. The van der Waals surface area contributed by atoms with E-state index in [0.717, 1.165) is 111 Å². The molecular formula is C43H56N2O3S. The van der Waals surface area contributed by atoms with Gasteiger partial charge in [-0.25, -0.2) is 0 Å². The van der Waals surface area contributed by atoms with Crippen LogP contribution in [0.3, 0.4) is 0 Å². The number of imide groups is 1. The smallest absolute Gasteiger partial charge is 0.289 e. The molecule has 2 amide bonds. The average Bonchev–Trinajstić information content (AvgIpc) is 3.37. The highest BCUT2D eigenvalue weighted by Crippen LogP contribution is 2.31. The van der Waals surface area contributed by atoms with Gasteiger partial charge < -0.3 is 4.74 Å². The molecule has 49 heavy (non-hydrogen) atoms. The third-order valence-corrected chi connectivity index (χ3v) is 9.29. The van der Waals surface area contributed by atoms with Crippen LogP contribution in [0.4, 0.5) is 4.79 Å². The van der Waals surface area contributed by atoms with Crippen LogP contribution in [0, 0.1) is 0 Å². The van der Waals surface area contributed by atoms with Gasteiger partial charge in [-0.2, -0.15) is 0 Å². The summed E-state index contributed by atoms with van der Waals surface area (Å²) in [6, 6.07) is 12.0. The quantitative estimate of drug-likeness (QED) is 0.0816. The molecule has 0 spiro atoms. The van der Waals surface area contributed by atoms with Crippen molar-refractivity contribution < 1.29 is 14.3 Å². The van der Waals surface area contributed by atoms with Crippen LogP contribution >= 0.6 is 11.8 Å². The molecule has 1 fully saturated rings. The third kappa shape index (κ3) is 16.4. The summed E-state index contributed by atoms with van der Waals surface area (Å²) >= 11 is 1.13. The first kappa shape index (κ1) is 39.5. The Labute approximate surface area is 300 Å². The molecule has 0 radical (unpaired) electrons. The summed E-state index contributed by atoms with van der Waals surface area (Å²) in [7, 11) is 0. The number of unbranched alkanes of at least 4 members (excludes halogenated alkanes) is 3. The number of ether oxygens (including phenoxy) is 1. The highest BCUT2D eigenvalue weighted by Gasteiger charge is 2.39. The maximum absolute atomic E-state index is 13.1. The summed E-state index contributed by atoms with van der Waals surface area (Å²) in [6.45, 7) is 9.31. The van der Waals surface area contributed by atoms with Crippen LogP contribution in [-0.2, 0) is 24.1 Å².